The Balaban J connectivity index is 2.59. The first-order valence-electron chi connectivity index (χ1n) is 5.62. The van der Waals surface area contributed by atoms with Crippen LogP contribution in [0, 0.1) is 0 Å². The Morgan fingerprint density at radius 2 is 1.94 bits per heavy atom. The first-order chi connectivity index (χ1) is 8.42. The fraction of sp³-hybridized carbons (Fsp3) is 0.417. The number of carbonyl (C=O) groups excluding carboxylic acids is 1. The number of carbonyl (C=O) groups is 1. The van der Waals surface area contributed by atoms with E-state index in [0.717, 1.165) is 18.4 Å². The van der Waals surface area contributed by atoms with Crippen molar-refractivity contribution < 1.29 is 18.0 Å². The molecule has 2 amide bonds. The molecule has 1 aromatic carbocycles. The summed E-state index contributed by atoms with van der Waals surface area (Å²) in [5, 5.41) is 4.18. The molecule has 0 unspecified atom stereocenters. The molecule has 0 spiro atoms. The summed E-state index contributed by atoms with van der Waals surface area (Å²) < 4.78 is 35.7. The largest absolute Gasteiger partial charge is 0.405 e. The summed E-state index contributed by atoms with van der Waals surface area (Å²) in [4.78, 5) is 11.3. The van der Waals surface area contributed by atoms with Gasteiger partial charge in [0.05, 0.1) is 0 Å². The number of urea groups is 1. The van der Waals surface area contributed by atoms with E-state index in [1.165, 1.54) is 0 Å². The van der Waals surface area contributed by atoms with Crippen molar-refractivity contribution in [1.82, 2.24) is 5.32 Å². The number of para-hydroxylation sites is 1. The van der Waals surface area contributed by atoms with Gasteiger partial charge in [-0.15, -0.1) is 0 Å². The van der Waals surface area contributed by atoms with E-state index in [0.29, 0.717) is 5.69 Å². The number of aryl methyl sites for hydroxylation is 1. The summed E-state index contributed by atoms with van der Waals surface area (Å²) in [7, 11) is 0. The quantitative estimate of drug-likeness (QED) is 0.856. The van der Waals surface area contributed by atoms with Crippen LogP contribution in [-0.2, 0) is 6.42 Å². The summed E-state index contributed by atoms with van der Waals surface area (Å²) in [5.41, 5.74) is 1.45. The molecule has 0 saturated carbocycles. The summed E-state index contributed by atoms with van der Waals surface area (Å²) in [6.45, 7) is 0.648. The predicted octanol–water partition coefficient (Wildman–Crippen LogP) is 3.32. The van der Waals surface area contributed by atoms with Crippen LogP contribution in [0.15, 0.2) is 24.3 Å². The van der Waals surface area contributed by atoms with Gasteiger partial charge in [-0.1, -0.05) is 31.5 Å². The van der Waals surface area contributed by atoms with E-state index < -0.39 is 18.8 Å². The van der Waals surface area contributed by atoms with Crippen molar-refractivity contribution >= 4 is 11.7 Å². The summed E-state index contributed by atoms with van der Waals surface area (Å²) >= 11 is 0. The molecule has 0 aliphatic carbocycles. The molecule has 2 N–H and O–H groups in total. The maximum absolute atomic E-state index is 11.9. The van der Waals surface area contributed by atoms with E-state index in [4.69, 9.17) is 0 Å². The van der Waals surface area contributed by atoms with Crippen molar-refractivity contribution in [2.24, 2.45) is 0 Å². The Labute approximate surface area is 103 Å². The molecule has 0 atom stereocenters. The molecule has 18 heavy (non-hydrogen) atoms. The predicted molar refractivity (Wildman–Crippen MR) is 63.5 cm³/mol. The number of hydrogen-bond acceptors (Lipinski definition) is 1. The van der Waals surface area contributed by atoms with E-state index in [9.17, 15) is 18.0 Å². The van der Waals surface area contributed by atoms with Crippen molar-refractivity contribution in [2.75, 3.05) is 11.9 Å². The third kappa shape index (κ3) is 5.07. The molecule has 1 aromatic rings. The fourth-order valence-electron chi connectivity index (χ4n) is 1.48. The number of benzene rings is 1. The van der Waals surface area contributed by atoms with Gasteiger partial charge in [0.1, 0.15) is 6.54 Å². The van der Waals surface area contributed by atoms with Gasteiger partial charge in [-0.3, -0.25) is 0 Å². The molecular formula is C12H15F3N2O. The number of amides is 2. The van der Waals surface area contributed by atoms with Crippen LogP contribution in [0.3, 0.4) is 0 Å². The van der Waals surface area contributed by atoms with Gasteiger partial charge in [-0.2, -0.15) is 13.2 Å². The molecular weight excluding hydrogens is 245 g/mol. The van der Waals surface area contributed by atoms with Gasteiger partial charge in [0.25, 0.3) is 0 Å². The monoisotopic (exact) mass is 260 g/mol. The minimum Gasteiger partial charge on any atom is -0.329 e. The highest BCUT2D eigenvalue weighted by atomic mass is 19.4. The average Bonchev–Trinajstić information content (AvgIpc) is 2.29. The lowest BCUT2D eigenvalue weighted by atomic mass is 10.1. The van der Waals surface area contributed by atoms with Crippen LogP contribution in [0.2, 0.25) is 0 Å². The Kier molecular flexibility index (Phi) is 5.00. The molecule has 6 heteroatoms. The first-order valence-corrected chi connectivity index (χ1v) is 5.62. The minimum absolute atomic E-state index is 0.541. The van der Waals surface area contributed by atoms with Crippen molar-refractivity contribution in [3.05, 3.63) is 29.8 Å². The Bertz CT molecular complexity index is 405. The Morgan fingerprint density at radius 1 is 1.28 bits per heavy atom. The van der Waals surface area contributed by atoms with Crippen LogP contribution in [0.25, 0.3) is 0 Å². The average molecular weight is 260 g/mol. The van der Waals surface area contributed by atoms with E-state index >= 15 is 0 Å². The first kappa shape index (κ1) is 14.3. The normalized spacial score (nSPS) is 11.1. The second-order valence-corrected chi connectivity index (χ2v) is 3.83. The van der Waals surface area contributed by atoms with Crippen LogP contribution < -0.4 is 10.6 Å². The number of hydrogen-bond donors (Lipinski definition) is 2. The SMILES string of the molecule is CCCc1ccccc1NC(=O)NCC(F)(F)F. The van der Waals surface area contributed by atoms with E-state index in [1.807, 2.05) is 19.1 Å². The minimum atomic E-state index is -4.40. The molecule has 0 saturated heterocycles. The molecule has 0 aromatic heterocycles. The molecule has 0 fully saturated rings. The van der Waals surface area contributed by atoms with Gasteiger partial charge >= 0.3 is 12.2 Å². The van der Waals surface area contributed by atoms with Crippen LogP contribution in [-0.4, -0.2) is 18.8 Å². The smallest absolute Gasteiger partial charge is 0.329 e. The van der Waals surface area contributed by atoms with Crippen LogP contribution >= 0.6 is 0 Å². The second-order valence-electron chi connectivity index (χ2n) is 3.83. The summed E-state index contributed by atoms with van der Waals surface area (Å²) in [5.74, 6) is 0. The highest BCUT2D eigenvalue weighted by Gasteiger charge is 2.27. The molecule has 0 aliphatic rings. The molecule has 1 rings (SSSR count). The zero-order valence-corrected chi connectivity index (χ0v) is 9.97. The molecule has 3 nitrogen and oxygen atoms in total. The lowest BCUT2D eigenvalue weighted by Gasteiger charge is -2.12. The lowest BCUT2D eigenvalue weighted by Crippen LogP contribution is -2.36. The molecule has 0 heterocycles. The molecule has 0 radical (unpaired) electrons. The van der Waals surface area contributed by atoms with Crippen molar-refractivity contribution in [3.8, 4) is 0 Å². The number of halogens is 3. The third-order valence-corrected chi connectivity index (χ3v) is 2.23. The third-order valence-electron chi connectivity index (χ3n) is 2.23. The molecule has 0 aliphatic heterocycles. The van der Waals surface area contributed by atoms with E-state index in [2.05, 4.69) is 5.32 Å². The van der Waals surface area contributed by atoms with Gasteiger partial charge in [0.15, 0.2) is 0 Å². The van der Waals surface area contributed by atoms with Crippen molar-refractivity contribution in [2.45, 2.75) is 25.9 Å². The fourth-order valence-corrected chi connectivity index (χ4v) is 1.48. The van der Waals surface area contributed by atoms with E-state index in [-0.39, 0.29) is 0 Å². The van der Waals surface area contributed by atoms with Crippen molar-refractivity contribution in [1.29, 1.82) is 0 Å². The van der Waals surface area contributed by atoms with Gasteiger partial charge in [-0.05, 0) is 18.1 Å². The Morgan fingerprint density at radius 3 is 2.56 bits per heavy atom. The number of anilines is 1. The topological polar surface area (TPSA) is 41.1 Å². The number of alkyl halides is 3. The summed E-state index contributed by atoms with van der Waals surface area (Å²) in [6.07, 6.45) is -2.75. The Hall–Kier alpha value is -1.72. The lowest BCUT2D eigenvalue weighted by molar-refractivity contribution is -0.122. The van der Waals surface area contributed by atoms with Gasteiger partial charge in [0.2, 0.25) is 0 Å². The summed E-state index contributed by atoms with van der Waals surface area (Å²) in [6, 6.07) is 6.19. The molecule has 0 bridgehead atoms. The van der Waals surface area contributed by atoms with E-state index in [1.54, 1.807) is 17.4 Å². The zero-order valence-electron chi connectivity index (χ0n) is 9.97. The van der Waals surface area contributed by atoms with Gasteiger partial charge < -0.3 is 10.6 Å². The van der Waals surface area contributed by atoms with Gasteiger partial charge in [-0.25, -0.2) is 4.79 Å². The van der Waals surface area contributed by atoms with Crippen LogP contribution in [0.5, 0.6) is 0 Å². The second kappa shape index (κ2) is 6.28. The highest BCUT2D eigenvalue weighted by molar-refractivity contribution is 5.90. The highest BCUT2D eigenvalue weighted by Crippen LogP contribution is 2.17. The van der Waals surface area contributed by atoms with Crippen molar-refractivity contribution in [3.63, 3.8) is 0 Å². The zero-order chi connectivity index (χ0) is 13.6. The van der Waals surface area contributed by atoms with Crippen LogP contribution in [0.1, 0.15) is 18.9 Å². The maximum atomic E-state index is 11.9. The standard InChI is InChI=1S/C12H15F3N2O/c1-2-5-9-6-3-4-7-10(9)17-11(18)16-8-12(13,14)15/h3-4,6-7H,2,5,8H2,1H3,(H2,16,17,18). The molecule has 100 valence electrons. The maximum Gasteiger partial charge on any atom is 0.405 e. The number of rotatable bonds is 4. The van der Waals surface area contributed by atoms with Crippen LogP contribution in [0.4, 0.5) is 23.7 Å². The number of nitrogens with one attached hydrogen (secondary N) is 2. The van der Waals surface area contributed by atoms with Gasteiger partial charge in [0, 0.05) is 5.69 Å².